The molecule has 0 amide bonds. The summed E-state index contributed by atoms with van der Waals surface area (Å²) in [6, 6.07) is 11.2. The molecule has 0 aliphatic rings. The number of aromatic carboxylic acids is 1. The number of nitrogens with zero attached hydrogens (tertiary/aromatic N) is 3. The van der Waals surface area contributed by atoms with Gasteiger partial charge in [0.1, 0.15) is 12.0 Å². The monoisotopic (exact) mass is 239 g/mol. The van der Waals surface area contributed by atoms with E-state index in [1.54, 1.807) is 4.40 Å². The number of fused-ring (bicyclic) bond motifs is 1. The highest BCUT2D eigenvalue weighted by molar-refractivity contribution is 5.86. The molecular weight excluding hydrogens is 230 g/mol. The van der Waals surface area contributed by atoms with Crippen LogP contribution in [-0.2, 0) is 0 Å². The molecule has 2 aromatic heterocycles. The molecule has 0 radical (unpaired) electrons. The number of hydrogen-bond donors (Lipinski definition) is 1. The topological polar surface area (TPSA) is 67.5 Å². The van der Waals surface area contributed by atoms with Gasteiger partial charge < -0.3 is 5.11 Å². The minimum Gasteiger partial charge on any atom is -0.477 e. The predicted molar refractivity (Wildman–Crippen MR) is 65.4 cm³/mol. The molecule has 18 heavy (non-hydrogen) atoms. The van der Waals surface area contributed by atoms with E-state index < -0.39 is 5.97 Å². The van der Waals surface area contributed by atoms with Gasteiger partial charge >= 0.3 is 5.97 Å². The molecule has 0 fully saturated rings. The van der Waals surface area contributed by atoms with E-state index in [-0.39, 0.29) is 5.69 Å². The number of carboxylic acids is 1. The highest BCUT2D eigenvalue weighted by Crippen LogP contribution is 2.18. The summed E-state index contributed by atoms with van der Waals surface area (Å²) in [5.41, 5.74) is 2.34. The van der Waals surface area contributed by atoms with Gasteiger partial charge in [-0.25, -0.2) is 14.8 Å². The van der Waals surface area contributed by atoms with Crippen LogP contribution < -0.4 is 0 Å². The van der Waals surface area contributed by atoms with Crippen LogP contribution in [-0.4, -0.2) is 25.4 Å². The summed E-state index contributed by atoms with van der Waals surface area (Å²) < 4.78 is 1.70. The fraction of sp³-hybridized carbons (Fsp3) is 0. The van der Waals surface area contributed by atoms with E-state index in [2.05, 4.69) is 9.97 Å². The van der Waals surface area contributed by atoms with Gasteiger partial charge in [0, 0.05) is 17.8 Å². The van der Waals surface area contributed by atoms with E-state index in [9.17, 15) is 4.79 Å². The van der Waals surface area contributed by atoms with Crippen LogP contribution in [0.1, 0.15) is 10.5 Å². The number of benzene rings is 1. The summed E-state index contributed by atoms with van der Waals surface area (Å²) in [5, 5.41) is 8.87. The first-order valence-electron chi connectivity index (χ1n) is 5.37. The molecule has 0 unspecified atom stereocenters. The Hall–Kier alpha value is -2.69. The maximum Gasteiger partial charge on any atom is 0.354 e. The van der Waals surface area contributed by atoms with Crippen molar-refractivity contribution < 1.29 is 9.90 Å². The lowest BCUT2D eigenvalue weighted by atomic mass is 10.2. The number of hydrogen-bond acceptors (Lipinski definition) is 3. The van der Waals surface area contributed by atoms with Crippen LogP contribution in [0.15, 0.2) is 48.9 Å². The second kappa shape index (κ2) is 3.96. The minimum absolute atomic E-state index is 0.00675. The van der Waals surface area contributed by atoms with Crippen LogP contribution in [0.25, 0.3) is 16.9 Å². The number of aromatic nitrogens is 3. The average molecular weight is 239 g/mol. The number of imidazole rings is 1. The zero-order chi connectivity index (χ0) is 12.5. The van der Waals surface area contributed by atoms with E-state index in [1.165, 1.54) is 12.4 Å². The quantitative estimate of drug-likeness (QED) is 0.743. The van der Waals surface area contributed by atoms with Gasteiger partial charge in [0.2, 0.25) is 0 Å². The van der Waals surface area contributed by atoms with Crippen molar-refractivity contribution >= 4 is 11.6 Å². The van der Waals surface area contributed by atoms with E-state index >= 15 is 0 Å². The van der Waals surface area contributed by atoms with E-state index in [0.29, 0.717) is 5.65 Å². The lowest BCUT2D eigenvalue weighted by Crippen LogP contribution is -2.01. The van der Waals surface area contributed by atoms with Crippen molar-refractivity contribution in [3.05, 3.63) is 54.6 Å². The summed E-state index contributed by atoms with van der Waals surface area (Å²) in [7, 11) is 0. The van der Waals surface area contributed by atoms with Gasteiger partial charge in [-0.15, -0.1) is 0 Å². The second-order valence-corrected chi connectivity index (χ2v) is 3.84. The molecule has 3 rings (SSSR count). The lowest BCUT2D eigenvalue weighted by Gasteiger charge is -1.93. The molecule has 0 atom stereocenters. The molecule has 1 aromatic carbocycles. The Morgan fingerprint density at radius 1 is 1.22 bits per heavy atom. The molecule has 0 spiro atoms. The van der Waals surface area contributed by atoms with E-state index in [4.69, 9.17) is 5.11 Å². The maximum atomic E-state index is 10.8. The summed E-state index contributed by atoms with van der Waals surface area (Å²) >= 11 is 0. The summed E-state index contributed by atoms with van der Waals surface area (Å²) in [4.78, 5) is 19.0. The Balaban J connectivity index is 2.14. The number of rotatable bonds is 2. The van der Waals surface area contributed by atoms with E-state index in [0.717, 1.165) is 11.3 Å². The van der Waals surface area contributed by atoms with Crippen LogP contribution in [0.5, 0.6) is 0 Å². The van der Waals surface area contributed by atoms with Crippen LogP contribution in [0, 0.1) is 0 Å². The molecule has 3 aromatic rings. The summed E-state index contributed by atoms with van der Waals surface area (Å²) in [5.74, 6) is -1.05. The van der Waals surface area contributed by atoms with Gasteiger partial charge in [0.05, 0.1) is 5.69 Å². The zero-order valence-electron chi connectivity index (χ0n) is 9.32. The van der Waals surface area contributed by atoms with Crippen molar-refractivity contribution in [2.24, 2.45) is 0 Å². The van der Waals surface area contributed by atoms with Gasteiger partial charge in [0.25, 0.3) is 0 Å². The zero-order valence-corrected chi connectivity index (χ0v) is 9.32. The molecule has 5 nitrogen and oxygen atoms in total. The molecule has 1 N–H and O–H groups in total. The number of carboxylic acid groups (broad SMARTS) is 1. The average Bonchev–Trinajstić information content (AvgIpc) is 2.82. The van der Waals surface area contributed by atoms with Crippen molar-refractivity contribution in [3.63, 3.8) is 0 Å². The molecule has 88 valence electrons. The third-order valence-electron chi connectivity index (χ3n) is 2.64. The Morgan fingerprint density at radius 3 is 2.72 bits per heavy atom. The molecule has 0 aliphatic heterocycles. The van der Waals surface area contributed by atoms with Gasteiger partial charge in [-0.1, -0.05) is 30.3 Å². The molecular formula is C13H9N3O2. The van der Waals surface area contributed by atoms with Gasteiger partial charge in [0.15, 0.2) is 5.69 Å². The van der Waals surface area contributed by atoms with Crippen molar-refractivity contribution in [3.8, 4) is 11.3 Å². The van der Waals surface area contributed by atoms with Gasteiger partial charge in [-0.05, 0) is 0 Å². The lowest BCUT2D eigenvalue weighted by molar-refractivity contribution is 0.0690. The molecule has 2 heterocycles. The molecule has 5 heteroatoms. The fourth-order valence-electron chi connectivity index (χ4n) is 1.76. The minimum atomic E-state index is -1.05. The van der Waals surface area contributed by atoms with Crippen molar-refractivity contribution in [2.75, 3.05) is 0 Å². The third-order valence-corrected chi connectivity index (χ3v) is 2.64. The highest BCUT2D eigenvalue weighted by Gasteiger charge is 2.08. The SMILES string of the molecule is O=C(O)c1cc2nc(-c3ccccc3)cn2cn1. The van der Waals surface area contributed by atoms with E-state index in [1.807, 2.05) is 36.5 Å². The predicted octanol–water partition coefficient (Wildman–Crippen LogP) is 2.09. The summed E-state index contributed by atoms with van der Waals surface area (Å²) in [6.45, 7) is 0. The Labute approximate surface area is 102 Å². The Morgan fingerprint density at radius 2 is 2.00 bits per heavy atom. The summed E-state index contributed by atoms with van der Waals surface area (Å²) in [6.07, 6.45) is 3.28. The Kier molecular flexibility index (Phi) is 2.30. The van der Waals surface area contributed by atoms with Gasteiger partial charge in [-0.2, -0.15) is 0 Å². The van der Waals surface area contributed by atoms with Crippen LogP contribution >= 0.6 is 0 Å². The third kappa shape index (κ3) is 1.71. The smallest absolute Gasteiger partial charge is 0.354 e. The van der Waals surface area contributed by atoms with Crippen LogP contribution in [0.4, 0.5) is 0 Å². The molecule has 0 bridgehead atoms. The highest BCUT2D eigenvalue weighted by atomic mass is 16.4. The first-order chi connectivity index (χ1) is 8.74. The first kappa shape index (κ1) is 10.5. The standard InChI is InChI=1S/C13H9N3O2/c17-13(18)10-6-12-15-11(7-16(12)8-14-10)9-4-2-1-3-5-9/h1-8H,(H,17,18). The second-order valence-electron chi connectivity index (χ2n) is 3.84. The maximum absolute atomic E-state index is 10.8. The first-order valence-corrected chi connectivity index (χ1v) is 5.37. The number of carbonyl (C=O) groups is 1. The largest absolute Gasteiger partial charge is 0.477 e. The van der Waals surface area contributed by atoms with Crippen LogP contribution in [0.3, 0.4) is 0 Å². The normalized spacial score (nSPS) is 10.7. The molecule has 0 saturated heterocycles. The van der Waals surface area contributed by atoms with Crippen molar-refractivity contribution in [1.82, 2.24) is 14.4 Å². The van der Waals surface area contributed by atoms with Crippen molar-refractivity contribution in [2.45, 2.75) is 0 Å². The van der Waals surface area contributed by atoms with Crippen molar-refractivity contribution in [1.29, 1.82) is 0 Å². The van der Waals surface area contributed by atoms with Gasteiger partial charge in [-0.3, -0.25) is 4.40 Å². The Bertz CT molecular complexity index is 719. The molecule has 0 aliphatic carbocycles. The fourth-order valence-corrected chi connectivity index (χ4v) is 1.76. The molecule has 0 saturated carbocycles. The van der Waals surface area contributed by atoms with Crippen LogP contribution in [0.2, 0.25) is 0 Å².